The summed E-state index contributed by atoms with van der Waals surface area (Å²) in [6.45, 7) is 9.14. The zero-order chi connectivity index (χ0) is 22.9. The molecule has 0 N–H and O–H groups in total. The van der Waals surface area contributed by atoms with E-state index in [1.807, 2.05) is 35.2 Å². The summed E-state index contributed by atoms with van der Waals surface area (Å²) in [6, 6.07) is 15.0. The van der Waals surface area contributed by atoms with Crippen molar-refractivity contribution in [2.45, 2.75) is 58.0 Å². The Hall–Kier alpha value is -2.66. The van der Waals surface area contributed by atoms with E-state index >= 15 is 0 Å². The Bertz CT molecular complexity index is 1020. The zero-order valence-electron chi connectivity index (χ0n) is 19.9. The Labute approximate surface area is 197 Å². The second-order valence-electron chi connectivity index (χ2n) is 10.1. The minimum atomic E-state index is 0.133. The molecule has 0 aromatic heterocycles. The molecule has 3 heterocycles. The lowest BCUT2D eigenvalue weighted by atomic mass is 9.92. The first-order chi connectivity index (χ1) is 16.0. The summed E-state index contributed by atoms with van der Waals surface area (Å²) in [5.41, 5.74) is 4.95. The van der Waals surface area contributed by atoms with Gasteiger partial charge in [-0.3, -0.25) is 14.5 Å². The molecule has 5 heteroatoms. The molecule has 2 aromatic carbocycles. The van der Waals surface area contributed by atoms with Crippen molar-refractivity contribution in [2.24, 2.45) is 0 Å². The molecule has 5 nitrogen and oxygen atoms in total. The van der Waals surface area contributed by atoms with Gasteiger partial charge in [0.05, 0.1) is 0 Å². The first-order valence-electron chi connectivity index (χ1n) is 12.6. The molecule has 1 atom stereocenters. The predicted molar refractivity (Wildman–Crippen MR) is 131 cm³/mol. The van der Waals surface area contributed by atoms with E-state index in [0.717, 1.165) is 92.6 Å². The fraction of sp³-hybridized carbons (Fsp3) is 0.500. The largest absolute Gasteiger partial charge is 0.339 e. The molecule has 0 unspecified atom stereocenters. The number of hydrogen-bond acceptors (Lipinski definition) is 3. The van der Waals surface area contributed by atoms with Crippen LogP contribution in [0.15, 0.2) is 42.5 Å². The molecule has 0 spiro atoms. The van der Waals surface area contributed by atoms with E-state index in [2.05, 4.69) is 35.8 Å². The van der Waals surface area contributed by atoms with Gasteiger partial charge < -0.3 is 9.80 Å². The van der Waals surface area contributed by atoms with Crippen LogP contribution in [-0.4, -0.2) is 71.3 Å². The van der Waals surface area contributed by atoms with Gasteiger partial charge in [-0.05, 0) is 87.4 Å². The molecule has 2 saturated heterocycles. The maximum Gasteiger partial charge on any atom is 0.254 e. The van der Waals surface area contributed by atoms with Gasteiger partial charge in [-0.15, -0.1) is 0 Å². The molecule has 3 aliphatic heterocycles. The lowest BCUT2D eigenvalue weighted by molar-refractivity contribution is 0.0480. The van der Waals surface area contributed by atoms with E-state index in [1.165, 1.54) is 0 Å². The maximum absolute atomic E-state index is 13.4. The fourth-order valence-electron chi connectivity index (χ4n) is 5.65. The molecule has 0 bridgehead atoms. The number of fused-ring (bicyclic) bond motifs is 1. The third-order valence-corrected chi connectivity index (χ3v) is 7.68. The Morgan fingerprint density at radius 1 is 0.909 bits per heavy atom. The van der Waals surface area contributed by atoms with Crippen LogP contribution in [0.25, 0.3) is 11.1 Å². The monoisotopic (exact) mass is 445 g/mol. The molecule has 2 aromatic rings. The molecule has 2 amide bonds. The smallest absolute Gasteiger partial charge is 0.254 e. The van der Waals surface area contributed by atoms with Crippen molar-refractivity contribution in [2.75, 3.05) is 32.7 Å². The number of rotatable bonds is 4. The number of carbonyl (C=O) groups excluding carboxylic acids is 2. The second-order valence-corrected chi connectivity index (χ2v) is 10.1. The van der Waals surface area contributed by atoms with E-state index in [1.54, 1.807) is 0 Å². The molecular formula is C28H35N3O2. The highest BCUT2D eigenvalue weighted by Gasteiger charge is 2.33. The highest BCUT2D eigenvalue weighted by molar-refractivity contribution is 5.98. The quantitative estimate of drug-likeness (QED) is 0.698. The molecule has 3 aliphatic rings. The van der Waals surface area contributed by atoms with Gasteiger partial charge in [-0.25, -0.2) is 0 Å². The highest BCUT2D eigenvalue weighted by Crippen LogP contribution is 2.29. The van der Waals surface area contributed by atoms with Gasteiger partial charge in [0.1, 0.15) is 0 Å². The molecule has 0 radical (unpaired) electrons. The number of piperidine rings is 1. The van der Waals surface area contributed by atoms with Crippen LogP contribution in [0.3, 0.4) is 0 Å². The van der Waals surface area contributed by atoms with Crippen molar-refractivity contribution in [1.82, 2.24) is 14.7 Å². The Balaban J connectivity index is 1.31. The van der Waals surface area contributed by atoms with Crippen LogP contribution in [0.5, 0.6) is 0 Å². The van der Waals surface area contributed by atoms with E-state index in [-0.39, 0.29) is 11.8 Å². The van der Waals surface area contributed by atoms with E-state index < -0.39 is 0 Å². The van der Waals surface area contributed by atoms with Crippen molar-refractivity contribution in [3.8, 4) is 11.1 Å². The summed E-state index contributed by atoms with van der Waals surface area (Å²) in [7, 11) is 0. The number of hydrogen-bond donors (Lipinski definition) is 0. The van der Waals surface area contributed by atoms with E-state index in [0.29, 0.717) is 12.1 Å². The van der Waals surface area contributed by atoms with Crippen LogP contribution in [0, 0.1) is 0 Å². The van der Waals surface area contributed by atoms with Crippen LogP contribution in [0.1, 0.15) is 65.8 Å². The molecular weight excluding hydrogens is 410 g/mol. The second kappa shape index (κ2) is 9.30. The van der Waals surface area contributed by atoms with Gasteiger partial charge >= 0.3 is 0 Å². The minimum Gasteiger partial charge on any atom is -0.339 e. The first kappa shape index (κ1) is 22.1. The molecule has 0 saturated carbocycles. The van der Waals surface area contributed by atoms with Gasteiger partial charge in [0.2, 0.25) is 0 Å². The van der Waals surface area contributed by atoms with Crippen molar-refractivity contribution in [1.29, 1.82) is 0 Å². The van der Waals surface area contributed by atoms with Gasteiger partial charge in [-0.1, -0.05) is 24.3 Å². The summed E-state index contributed by atoms with van der Waals surface area (Å²) < 4.78 is 0. The minimum absolute atomic E-state index is 0.133. The third kappa shape index (κ3) is 4.43. The standard InChI is InChI=1S/C28H35N3O2/c1-20(2)30-16-5-6-25(19-30)31-17-13-24-18-23(11-12-26(24)28(31)33)21-7-9-22(10-8-21)27(32)29-14-3-4-15-29/h7-12,18,20,25H,3-6,13-17,19H2,1-2H3/t25-/m0/s1. The lowest BCUT2D eigenvalue weighted by Gasteiger charge is -2.42. The summed E-state index contributed by atoms with van der Waals surface area (Å²) in [6.07, 6.45) is 5.37. The fourth-order valence-corrected chi connectivity index (χ4v) is 5.65. The molecule has 174 valence electrons. The van der Waals surface area contributed by atoms with Crippen LogP contribution in [0.4, 0.5) is 0 Å². The maximum atomic E-state index is 13.4. The highest BCUT2D eigenvalue weighted by atomic mass is 16.2. The van der Waals surface area contributed by atoms with Crippen molar-refractivity contribution < 1.29 is 9.59 Å². The molecule has 5 rings (SSSR count). The Morgan fingerprint density at radius 3 is 2.36 bits per heavy atom. The van der Waals surface area contributed by atoms with Gasteiger partial charge in [0.15, 0.2) is 0 Å². The van der Waals surface area contributed by atoms with Crippen molar-refractivity contribution in [3.05, 3.63) is 59.2 Å². The number of nitrogens with zero attached hydrogens (tertiary/aromatic N) is 3. The third-order valence-electron chi connectivity index (χ3n) is 7.68. The number of benzene rings is 2. The van der Waals surface area contributed by atoms with E-state index in [9.17, 15) is 9.59 Å². The Morgan fingerprint density at radius 2 is 1.64 bits per heavy atom. The summed E-state index contributed by atoms with van der Waals surface area (Å²) in [5.74, 6) is 0.318. The average Bonchev–Trinajstić information content (AvgIpc) is 3.39. The van der Waals surface area contributed by atoms with Crippen molar-refractivity contribution >= 4 is 11.8 Å². The zero-order valence-corrected chi connectivity index (χ0v) is 19.9. The average molecular weight is 446 g/mol. The van der Waals surface area contributed by atoms with Gasteiger partial charge in [0.25, 0.3) is 11.8 Å². The van der Waals surface area contributed by atoms with E-state index in [4.69, 9.17) is 0 Å². The van der Waals surface area contributed by atoms with Crippen LogP contribution in [0.2, 0.25) is 0 Å². The topological polar surface area (TPSA) is 43.9 Å². The Kier molecular flexibility index (Phi) is 6.24. The van der Waals surface area contributed by atoms with Crippen LogP contribution >= 0.6 is 0 Å². The van der Waals surface area contributed by atoms with Gasteiger partial charge in [-0.2, -0.15) is 0 Å². The van der Waals surface area contributed by atoms with Gasteiger partial charge in [0, 0.05) is 49.4 Å². The molecule has 33 heavy (non-hydrogen) atoms. The number of likely N-dealkylation sites (tertiary alicyclic amines) is 2. The summed E-state index contributed by atoms with van der Waals surface area (Å²) in [4.78, 5) is 32.5. The predicted octanol–water partition coefficient (Wildman–Crippen LogP) is 4.46. The molecule has 2 fully saturated rings. The SMILES string of the molecule is CC(C)N1CCC[C@H](N2CCc3cc(-c4ccc(C(=O)N5CCCC5)cc4)ccc3C2=O)C1. The lowest BCUT2D eigenvalue weighted by Crippen LogP contribution is -2.53. The normalized spacial score (nSPS) is 21.5. The van der Waals surface area contributed by atoms with Crippen LogP contribution in [-0.2, 0) is 6.42 Å². The molecule has 0 aliphatic carbocycles. The summed E-state index contributed by atoms with van der Waals surface area (Å²) >= 11 is 0. The van der Waals surface area contributed by atoms with Crippen molar-refractivity contribution in [3.63, 3.8) is 0 Å². The van der Waals surface area contributed by atoms with Crippen LogP contribution < -0.4 is 0 Å². The first-order valence-corrected chi connectivity index (χ1v) is 12.6. The number of amides is 2. The summed E-state index contributed by atoms with van der Waals surface area (Å²) in [5, 5.41) is 0. The number of carbonyl (C=O) groups is 2.